The first-order valence-electron chi connectivity index (χ1n) is 5.70. The molecular formula is C11H23NO5. The van der Waals surface area contributed by atoms with Crippen LogP contribution in [0.15, 0.2) is 0 Å². The van der Waals surface area contributed by atoms with Crippen molar-refractivity contribution in [2.24, 2.45) is 5.73 Å². The van der Waals surface area contributed by atoms with Crippen LogP contribution in [0.1, 0.15) is 20.8 Å². The second kappa shape index (κ2) is 5.60. The number of aliphatic hydroxyl groups is 2. The van der Waals surface area contributed by atoms with Crippen molar-refractivity contribution in [2.75, 3.05) is 13.7 Å². The van der Waals surface area contributed by atoms with Crippen LogP contribution in [0.4, 0.5) is 0 Å². The zero-order chi connectivity index (χ0) is 13.2. The molecular weight excluding hydrogens is 226 g/mol. The van der Waals surface area contributed by atoms with Gasteiger partial charge < -0.3 is 30.2 Å². The predicted molar refractivity (Wildman–Crippen MR) is 61.4 cm³/mol. The van der Waals surface area contributed by atoms with Crippen LogP contribution in [0.25, 0.3) is 0 Å². The summed E-state index contributed by atoms with van der Waals surface area (Å²) in [5.41, 5.74) is 5.57. The Balaban J connectivity index is 2.50. The molecule has 1 aliphatic heterocycles. The summed E-state index contributed by atoms with van der Waals surface area (Å²) in [6.07, 6.45) is -3.66. The molecule has 1 aliphatic rings. The minimum atomic E-state index is -1.08. The molecule has 6 nitrogen and oxygen atoms in total. The second-order valence-electron chi connectivity index (χ2n) is 5.27. The number of nitrogens with two attached hydrogens (primary N) is 1. The minimum Gasteiger partial charge on any atom is -0.387 e. The maximum absolute atomic E-state index is 9.77. The summed E-state index contributed by atoms with van der Waals surface area (Å²) in [6.45, 7) is 5.99. The molecule has 1 fully saturated rings. The molecule has 0 saturated carbocycles. The van der Waals surface area contributed by atoms with Crippen LogP contribution in [-0.2, 0) is 14.2 Å². The summed E-state index contributed by atoms with van der Waals surface area (Å²) in [6, 6.07) is -0.515. The van der Waals surface area contributed by atoms with Crippen molar-refractivity contribution < 1.29 is 24.4 Å². The van der Waals surface area contributed by atoms with Crippen molar-refractivity contribution in [3.05, 3.63) is 0 Å². The third kappa shape index (κ3) is 3.87. The highest BCUT2D eigenvalue weighted by Crippen LogP contribution is 2.24. The fourth-order valence-electron chi connectivity index (χ4n) is 1.66. The minimum absolute atomic E-state index is 0.244. The summed E-state index contributed by atoms with van der Waals surface area (Å²) >= 11 is 0. The number of methoxy groups -OCH3 is 1. The fraction of sp³-hybridized carbons (Fsp3) is 1.00. The predicted octanol–water partition coefficient (Wildman–Crippen LogP) is -0.778. The van der Waals surface area contributed by atoms with Gasteiger partial charge in [-0.2, -0.15) is 0 Å². The lowest BCUT2D eigenvalue weighted by Crippen LogP contribution is -2.47. The lowest BCUT2D eigenvalue weighted by atomic mass is 10.0. The van der Waals surface area contributed by atoms with Gasteiger partial charge in [0, 0.05) is 7.11 Å². The van der Waals surface area contributed by atoms with Crippen molar-refractivity contribution in [1.82, 2.24) is 0 Å². The maximum Gasteiger partial charge on any atom is 0.186 e. The van der Waals surface area contributed by atoms with Gasteiger partial charge in [-0.1, -0.05) is 0 Å². The van der Waals surface area contributed by atoms with E-state index in [4.69, 9.17) is 19.9 Å². The Kier molecular flexibility index (Phi) is 4.88. The topological polar surface area (TPSA) is 94.2 Å². The number of ether oxygens (including phenoxy) is 3. The van der Waals surface area contributed by atoms with E-state index >= 15 is 0 Å². The molecule has 0 spiro atoms. The Labute approximate surface area is 102 Å². The van der Waals surface area contributed by atoms with Crippen molar-refractivity contribution in [1.29, 1.82) is 0 Å². The standard InChI is InChI=1S/C11H23NO5/c1-11(2,3)16-5-6(12)9-7(13)8(14)10(15-4)17-9/h6-10,13-14H,5,12H2,1-4H3/t6-,7+,8+,9+,10+/m1/s1. The Morgan fingerprint density at radius 3 is 2.29 bits per heavy atom. The van der Waals surface area contributed by atoms with Gasteiger partial charge in [-0.15, -0.1) is 0 Å². The van der Waals surface area contributed by atoms with Crippen LogP contribution in [0, 0.1) is 0 Å². The van der Waals surface area contributed by atoms with Crippen LogP contribution in [-0.4, -0.2) is 60.2 Å². The van der Waals surface area contributed by atoms with Crippen LogP contribution in [0.2, 0.25) is 0 Å². The van der Waals surface area contributed by atoms with E-state index in [1.165, 1.54) is 7.11 Å². The Bertz CT molecular complexity index is 243. The van der Waals surface area contributed by atoms with Crippen LogP contribution < -0.4 is 5.73 Å². The average molecular weight is 249 g/mol. The van der Waals surface area contributed by atoms with E-state index in [9.17, 15) is 10.2 Å². The largest absolute Gasteiger partial charge is 0.387 e. The molecule has 0 radical (unpaired) electrons. The molecule has 6 heteroatoms. The zero-order valence-corrected chi connectivity index (χ0v) is 10.8. The molecule has 0 aliphatic carbocycles. The molecule has 0 unspecified atom stereocenters. The first-order chi connectivity index (χ1) is 7.76. The average Bonchev–Trinajstić information content (AvgIpc) is 2.52. The smallest absolute Gasteiger partial charge is 0.186 e. The first-order valence-corrected chi connectivity index (χ1v) is 5.70. The highest BCUT2D eigenvalue weighted by molar-refractivity contribution is 4.92. The van der Waals surface area contributed by atoms with Gasteiger partial charge in [-0.25, -0.2) is 0 Å². The lowest BCUT2D eigenvalue weighted by Gasteiger charge is -2.26. The first kappa shape index (κ1) is 14.8. The van der Waals surface area contributed by atoms with E-state index in [1.807, 2.05) is 20.8 Å². The molecule has 0 aromatic heterocycles. The van der Waals surface area contributed by atoms with Gasteiger partial charge in [-0.05, 0) is 20.8 Å². The fourth-order valence-corrected chi connectivity index (χ4v) is 1.66. The number of aliphatic hydroxyl groups excluding tert-OH is 2. The normalized spacial score (nSPS) is 36.2. The Morgan fingerprint density at radius 1 is 1.29 bits per heavy atom. The highest BCUT2D eigenvalue weighted by atomic mass is 16.7. The van der Waals surface area contributed by atoms with E-state index in [2.05, 4.69) is 0 Å². The molecule has 17 heavy (non-hydrogen) atoms. The SMILES string of the molecule is CO[C@H]1O[C@@H]([C@H](N)COC(C)(C)C)[C@@H](O)[C@@H]1O. The van der Waals surface area contributed by atoms with E-state index in [-0.39, 0.29) is 12.2 Å². The van der Waals surface area contributed by atoms with Gasteiger partial charge in [0.05, 0.1) is 18.2 Å². The maximum atomic E-state index is 9.77. The quantitative estimate of drug-likeness (QED) is 0.605. The number of hydrogen-bond acceptors (Lipinski definition) is 6. The van der Waals surface area contributed by atoms with E-state index in [1.54, 1.807) is 0 Å². The van der Waals surface area contributed by atoms with Gasteiger partial charge in [-0.3, -0.25) is 0 Å². The van der Waals surface area contributed by atoms with Gasteiger partial charge >= 0.3 is 0 Å². The summed E-state index contributed by atoms with van der Waals surface area (Å²) in [4.78, 5) is 0. The molecule has 0 bridgehead atoms. The lowest BCUT2D eigenvalue weighted by molar-refractivity contribution is -0.155. The monoisotopic (exact) mass is 249 g/mol. The third-order valence-corrected chi connectivity index (χ3v) is 2.62. The zero-order valence-electron chi connectivity index (χ0n) is 10.8. The highest BCUT2D eigenvalue weighted by Gasteiger charge is 2.45. The van der Waals surface area contributed by atoms with E-state index in [0.29, 0.717) is 0 Å². The molecule has 0 aromatic carbocycles. The summed E-state index contributed by atoms with van der Waals surface area (Å²) < 4.78 is 15.7. The Morgan fingerprint density at radius 2 is 1.88 bits per heavy atom. The second-order valence-corrected chi connectivity index (χ2v) is 5.27. The van der Waals surface area contributed by atoms with Gasteiger partial charge in [0.25, 0.3) is 0 Å². The molecule has 5 atom stereocenters. The van der Waals surface area contributed by atoms with Crippen LogP contribution in [0.5, 0.6) is 0 Å². The Hall–Kier alpha value is -0.240. The van der Waals surface area contributed by atoms with Gasteiger partial charge in [0.2, 0.25) is 0 Å². The molecule has 102 valence electrons. The summed E-state index contributed by atoms with van der Waals surface area (Å²) in [5, 5.41) is 19.4. The summed E-state index contributed by atoms with van der Waals surface area (Å²) in [7, 11) is 1.40. The number of rotatable bonds is 4. The molecule has 0 aromatic rings. The van der Waals surface area contributed by atoms with Crippen molar-refractivity contribution in [3.8, 4) is 0 Å². The molecule has 1 saturated heterocycles. The number of hydrogen-bond donors (Lipinski definition) is 3. The van der Waals surface area contributed by atoms with Crippen molar-refractivity contribution in [3.63, 3.8) is 0 Å². The van der Waals surface area contributed by atoms with E-state index in [0.717, 1.165) is 0 Å². The molecule has 1 rings (SSSR count). The molecule has 0 amide bonds. The molecule has 4 N–H and O–H groups in total. The third-order valence-electron chi connectivity index (χ3n) is 2.62. The van der Waals surface area contributed by atoms with Gasteiger partial charge in [0.15, 0.2) is 6.29 Å². The van der Waals surface area contributed by atoms with Crippen LogP contribution >= 0.6 is 0 Å². The van der Waals surface area contributed by atoms with Gasteiger partial charge in [0.1, 0.15) is 18.3 Å². The van der Waals surface area contributed by atoms with Crippen molar-refractivity contribution >= 4 is 0 Å². The summed E-state index contributed by atoms with van der Waals surface area (Å²) in [5.74, 6) is 0. The van der Waals surface area contributed by atoms with Crippen LogP contribution in [0.3, 0.4) is 0 Å². The van der Waals surface area contributed by atoms with E-state index < -0.39 is 30.6 Å². The van der Waals surface area contributed by atoms with Crippen molar-refractivity contribution in [2.45, 2.75) is 57.0 Å². The molecule has 1 heterocycles.